The third-order valence-electron chi connectivity index (χ3n) is 3.30. The number of aromatic nitrogens is 1. The summed E-state index contributed by atoms with van der Waals surface area (Å²) in [5.41, 5.74) is -0.388. The van der Waals surface area contributed by atoms with Crippen molar-refractivity contribution in [3.8, 4) is 0 Å². The second-order valence-electron chi connectivity index (χ2n) is 5.23. The molecule has 0 aromatic carbocycles. The molecule has 1 fully saturated rings. The zero-order chi connectivity index (χ0) is 13.4. The maximum absolute atomic E-state index is 12.2. The zero-order valence-electron chi connectivity index (χ0n) is 10.9. The van der Waals surface area contributed by atoms with Crippen molar-refractivity contribution in [3.63, 3.8) is 0 Å². The third kappa shape index (κ3) is 2.81. The first-order valence-electron chi connectivity index (χ1n) is 6.03. The fraction of sp³-hybridized carbons (Fsp3) is 0.583. The molecule has 5 nitrogen and oxygen atoms in total. The van der Waals surface area contributed by atoms with Gasteiger partial charge in [-0.15, -0.1) is 0 Å². The Balaban J connectivity index is 2.19. The van der Waals surface area contributed by atoms with Gasteiger partial charge in [-0.2, -0.15) is 0 Å². The van der Waals surface area contributed by atoms with Crippen molar-refractivity contribution < 1.29 is 8.42 Å². The predicted octanol–water partition coefficient (Wildman–Crippen LogP) is 1.59. The maximum Gasteiger partial charge on any atom is 0.242 e. The SMILES string of the molecule is CNc1ccc(S(=O)(=O)NC(C)(C)C2CC2)cn1. The lowest BCUT2D eigenvalue weighted by Crippen LogP contribution is -2.45. The summed E-state index contributed by atoms with van der Waals surface area (Å²) in [5.74, 6) is 1.09. The van der Waals surface area contributed by atoms with Gasteiger partial charge >= 0.3 is 0 Å². The molecule has 0 amide bonds. The minimum atomic E-state index is -3.49. The second kappa shape index (κ2) is 4.51. The van der Waals surface area contributed by atoms with Crippen molar-refractivity contribution in [2.45, 2.75) is 37.1 Å². The smallest absolute Gasteiger partial charge is 0.242 e. The predicted molar refractivity (Wildman–Crippen MR) is 70.9 cm³/mol. The summed E-state index contributed by atoms with van der Waals surface area (Å²) >= 11 is 0. The molecule has 100 valence electrons. The minimum Gasteiger partial charge on any atom is -0.373 e. The average molecular weight is 269 g/mol. The monoisotopic (exact) mass is 269 g/mol. The number of nitrogens with zero attached hydrogens (tertiary/aromatic N) is 1. The highest BCUT2D eigenvalue weighted by Gasteiger charge is 2.40. The van der Waals surface area contributed by atoms with Crippen LogP contribution in [0.4, 0.5) is 5.82 Å². The van der Waals surface area contributed by atoms with E-state index in [-0.39, 0.29) is 10.4 Å². The molecule has 1 heterocycles. The van der Waals surface area contributed by atoms with Crippen molar-refractivity contribution in [2.75, 3.05) is 12.4 Å². The molecule has 2 rings (SSSR count). The number of pyridine rings is 1. The molecule has 0 bridgehead atoms. The minimum absolute atomic E-state index is 0.204. The molecule has 0 atom stereocenters. The van der Waals surface area contributed by atoms with Crippen LogP contribution in [0.3, 0.4) is 0 Å². The molecule has 1 aromatic heterocycles. The summed E-state index contributed by atoms with van der Waals surface area (Å²) in [6.07, 6.45) is 3.55. The molecule has 0 radical (unpaired) electrons. The van der Waals surface area contributed by atoms with Gasteiger partial charge in [0.1, 0.15) is 10.7 Å². The van der Waals surface area contributed by atoms with E-state index >= 15 is 0 Å². The highest BCUT2D eigenvalue weighted by molar-refractivity contribution is 7.89. The summed E-state index contributed by atoms with van der Waals surface area (Å²) in [6.45, 7) is 3.86. The first kappa shape index (κ1) is 13.3. The van der Waals surface area contributed by atoms with E-state index in [0.29, 0.717) is 11.7 Å². The zero-order valence-corrected chi connectivity index (χ0v) is 11.7. The Morgan fingerprint density at radius 1 is 1.33 bits per heavy atom. The molecule has 18 heavy (non-hydrogen) atoms. The van der Waals surface area contributed by atoms with Gasteiger partial charge in [0.05, 0.1) is 0 Å². The number of rotatable bonds is 5. The van der Waals surface area contributed by atoms with Gasteiger partial charge in [-0.3, -0.25) is 0 Å². The molecule has 0 saturated heterocycles. The van der Waals surface area contributed by atoms with Gasteiger partial charge in [0, 0.05) is 18.8 Å². The fourth-order valence-electron chi connectivity index (χ4n) is 1.98. The molecule has 0 aliphatic heterocycles. The van der Waals surface area contributed by atoms with Crippen molar-refractivity contribution >= 4 is 15.8 Å². The highest BCUT2D eigenvalue weighted by Crippen LogP contribution is 2.39. The number of hydrogen-bond acceptors (Lipinski definition) is 4. The number of anilines is 1. The first-order valence-corrected chi connectivity index (χ1v) is 7.51. The van der Waals surface area contributed by atoms with E-state index in [1.807, 2.05) is 13.8 Å². The number of sulfonamides is 1. The van der Waals surface area contributed by atoms with Gasteiger partial charge in [-0.1, -0.05) is 0 Å². The molecule has 0 unspecified atom stereocenters. The first-order chi connectivity index (χ1) is 8.35. The molecule has 2 N–H and O–H groups in total. The lowest BCUT2D eigenvalue weighted by Gasteiger charge is -2.25. The maximum atomic E-state index is 12.2. The van der Waals surface area contributed by atoms with Gasteiger partial charge in [-0.25, -0.2) is 18.1 Å². The fourth-order valence-corrected chi connectivity index (χ4v) is 3.40. The molecule has 1 saturated carbocycles. The third-order valence-corrected chi connectivity index (χ3v) is 4.96. The summed E-state index contributed by atoms with van der Waals surface area (Å²) in [5, 5.41) is 2.86. The normalized spacial score (nSPS) is 16.6. The Labute approximate surface area is 108 Å². The summed E-state index contributed by atoms with van der Waals surface area (Å²) < 4.78 is 27.2. The molecular formula is C12H19N3O2S. The molecule has 6 heteroatoms. The van der Waals surface area contributed by atoms with Crippen molar-refractivity contribution in [1.29, 1.82) is 0 Å². The van der Waals surface area contributed by atoms with E-state index in [2.05, 4.69) is 15.0 Å². The topological polar surface area (TPSA) is 71.1 Å². The summed E-state index contributed by atoms with van der Waals surface area (Å²) in [6, 6.07) is 3.21. The average Bonchev–Trinajstić information content (AvgIpc) is 3.12. The van der Waals surface area contributed by atoms with Crippen LogP contribution in [0.2, 0.25) is 0 Å². The van der Waals surface area contributed by atoms with Crippen molar-refractivity contribution in [1.82, 2.24) is 9.71 Å². The molecule has 1 aliphatic rings. The molecule has 1 aliphatic carbocycles. The number of hydrogen-bond donors (Lipinski definition) is 2. The van der Waals surface area contributed by atoms with E-state index in [9.17, 15) is 8.42 Å². The second-order valence-corrected chi connectivity index (χ2v) is 6.91. The van der Waals surface area contributed by atoms with Crippen LogP contribution in [0, 0.1) is 5.92 Å². The lowest BCUT2D eigenvalue weighted by atomic mass is 10.0. The van der Waals surface area contributed by atoms with Gasteiger partial charge in [0.15, 0.2) is 0 Å². The van der Waals surface area contributed by atoms with Gasteiger partial charge < -0.3 is 5.32 Å². The Kier molecular flexibility index (Phi) is 3.33. The number of nitrogens with one attached hydrogen (secondary N) is 2. The van der Waals surface area contributed by atoms with E-state index in [1.54, 1.807) is 19.2 Å². The Morgan fingerprint density at radius 3 is 2.44 bits per heavy atom. The Morgan fingerprint density at radius 2 is 2.00 bits per heavy atom. The van der Waals surface area contributed by atoms with Gasteiger partial charge in [-0.05, 0) is 44.7 Å². The van der Waals surface area contributed by atoms with Crippen LogP contribution in [-0.2, 0) is 10.0 Å². The van der Waals surface area contributed by atoms with Crippen molar-refractivity contribution in [2.24, 2.45) is 5.92 Å². The summed E-state index contributed by atoms with van der Waals surface area (Å²) in [4.78, 5) is 4.23. The Hall–Kier alpha value is -1.14. The van der Waals surface area contributed by atoms with Gasteiger partial charge in [0.25, 0.3) is 0 Å². The van der Waals surface area contributed by atoms with E-state index in [4.69, 9.17) is 0 Å². The van der Waals surface area contributed by atoms with Crippen LogP contribution in [-0.4, -0.2) is 26.0 Å². The van der Waals surface area contributed by atoms with E-state index in [0.717, 1.165) is 12.8 Å². The lowest BCUT2D eigenvalue weighted by molar-refractivity contribution is 0.400. The quantitative estimate of drug-likeness (QED) is 0.851. The van der Waals surface area contributed by atoms with Crippen LogP contribution in [0.5, 0.6) is 0 Å². The van der Waals surface area contributed by atoms with Gasteiger partial charge in [0.2, 0.25) is 10.0 Å². The standard InChI is InChI=1S/C12H19N3O2S/c1-12(2,9-4-5-9)15-18(16,17)10-6-7-11(13-3)14-8-10/h6-9,15H,4-5H2,1-3H3,(H,13,14). The van der Waals surface area contributed by atoms with Crippen LogP contribution >= 0.6 is 0 Å². The molecular weight excluding hydrogens is 250 g/mol. The largest absolute Gasteiger partial charge is 0.373 e. The summed E-state index contributed by atoms with van der Waals surface area (Å²) in [7, 11) is -1.75. The van der Waals surface area contributed by atoms with E-state index < -0.39 is 10.0 Å². The van der Waals surface area contributed by atoms with Crippen LogP contribution < -0.4 is 10.0 Å². The van der Waals surface area contributed by atoms with Crippen LogP contribution in [0.15, 0.2) is 23.2 Å². The van der Waals surface area contributed by atoms with Crippen LogP contribution in [0.1, 0.15) is 26.7 Å². The Bertz CT molecular complexity index is 519. The molecule has 1 aromatic rings. The van der Waals surface area contributed by atoms with Crippen molar-refractivity contribution in [3.05, 3.63) is 18.3 Å². The highest BCUT2D eigenvalue weighted by atomic mass is 32.2. The van der Waals surface area contributed by atoms with E-state index in [1.165, 1.54) is 6.20 Å². The molecule has 0 spiro atoms. The van der Waals surface area contributed by atoms with Crippen LogP contribution in [0.25, 0.3) is 0 Å².